The molecule has 11 N–H and O–H groups in total. The molecule has 2 aromatic rings. The molecule has 0 saturated carbocycles. The summed E-state index contributed by atoms with van der Waals surface area (Å²) < 4.78 is 12.1. The first kappa shape index (κ1) is 58.5. The minimum atomic E-state index is -1.25. The molecule has 2 unspecified atom stereocenters. The molecule has 0 spiro atoms. The van der Waals surface area contributed by atoms with Crippen molar-refractivity contribution in [1.82, 2.24) is 31.9 Å². The van der Waals surface area contributed by atoms with Crippen molar-refractivity contribution in [3.05, 3.63) is 70.4 Å². The zero-order valence-corrected chi connectivity index (χ0v) is 45.0. The Kier molecular flexibility index (Phi) is 20.6. The highest BCUT2D eigenvalue weighted by Crippen LogP contribution is 2.43. The van der Waals surface area contributed by atoms with Gasteiger partial charge in [-0.3, -0.25) is 33.6 Å². The molecule has 0 aromatic heterocycles. The summed E-state index contributed by atoms with van der Waals surface area (Å²) >= 11 is 7.37. The number of carboxylic acid groups (broad SMARTS) is 1. The molecular formula is C54H70N8O12S2. The maximum absolute atomic E-state index is 13.2. The number of nitrogens with two attached hydrogens (primary N) is 1. The lowest BCUT2D eigenvalue weighted by molar-refractivity contribution is -0.131. The summed E-state index contributed by atoms with van der Waals surface area (Å²) in [6.45, 7) is 8.80. The molecule has 76 heavy (non-hydrogen) atoms. The van der Waals surface area contributed by atoms with Crippen molar-refractivity contribution < 1.29 is 52.9 Å². The summed E-state index contributed by atoms with van der Waals surface area (Å²) in [5.41, 5.74) is 5.93. The van der Waals surface area contributed by atoms with Crippen LogP contribution >= 0.6 is 24.0 Å². The van der Waals surface area contributed by atoms with E-state index in [9.17, 15) is 48.6 Å². The Bertz CT molecular complexity index is 2820. The van der Waals surface area contributed by atoms with Gasteiger partial charge in [0.1, 0.15) is 23.1 Å². The van der Waals surface area contributed by atoms with Gasteiger partial charge in [-0.2, -0.15) is 11.8 Å². The van der Waals surface area contributed by atoms with Gasteiger partial charge in [-0.25, -0.2) is 4.79 Å². The topological polar surface area (TPSA) is 310 Å². The number of primary amides is 1. The lowest BCUT2D eigenvalue weighted by atomic mass is 9.87. The predicted octanol–water partition coefficient (Wildman–Crippen LogP) is 4.92. The zero-order chi connectivity index (χ0) is 55.2. The standard InChI is InChI=1S/C54H70N8O12S2/c1-53(2,30-59-45(66)8-6-5-7-43-35-15-18-46(67)62-40(35)29-76-43)21-24-73-54(3,4)20-23-56-48(69)28-58-50(70)39(16-17-44(55)65)61-47(68)19-22-57-52(75)60-31-9-12-34(38(25-31)51(71)72)49-36-13-10-32(63)26-41(36)74-42-27-33(64)11-14-37(42)49/h9-14,25-27,35,39-40,43,63H,5-8,15-24,28-30H2,1-4H3,(H2,55,65)(H,56,69)(H,58,70)(H,59,66)(H,61,68)(H,62,67)(H,71,72)(H2,57,60,75)/t35-,39?,40-,43?/m0/s1. The maximum atomic E-state index is 13.2. The highest BCUT2D eigenvalue weighted by molar-refractivity contribution is 8.00. The maximum Gasteiger partial charge on any atom is 0.336 e. The molecule has 2 saturated heterocycles. The van der Waals surface area contributed by atoms with Crippen LogP contribution in [0.4, 0.5) is 5.69 Å². The normalized spacial score (nSPS) is 16.7. The number of ether oxygens (including phenoxy) is 1. The molecule has 22 heteroatoms. The van der Waals surface area contributed by atoms with E-state index in [-0.39, 0.29) is 82.8 Å². The van der Waals surface area contributed by atoms with Gasteiger partial charge >= 0.3 is 5.97 Å². The molecule has 0 bridgehead atoms. The summed E-state index contributed by atoms with van der Waals surface area (Å²) in [7, 11) is 0. The molecule has 0 radical (unpaired) electrons. The number of thiocarbonyl (C=S) groups is 1. The molecule has 4 aliphatic rings. The van der Waals surface area contributed by atoms with Gasteiger partial charge < -0.3 is 62.3 Å². The number of carboxylic acids is 1. The molecule has 2 fully saturated rings. The van der Waals surface area contributed by atoms with E-state index in [0.717, 1.165) is 31.4 Å². The first-order valence-electron chi connectivity index (χ1n) is 25.6. The number of amides is 6. The van der Waals surface area contributed by atoms with Gasteiger partial charge in [0.15, 0.2) is 10.5 Å². The summed E-state index contributed by atoms with van der Waals surface area (Å²) in [5.74, 6) is -1.84. The van der Waals surface area contributed by atoms with Crippen molar-refractivity contribution in [2.75, 3.05) is 43.9 Å². The average molecular weight is 1090 g/mol. The number of nitrogens with one attached hydrogen (secondary N) is 7. The Morgan fingerprint density at radius 3 is 2.42 bits per heavy atom. The molecule has 410 valence electrons. The number of aromatic carboxylic acids is 1. The number of carbonyl (C=O) groups is 7. The Morgan fingerprint density at radius 2 is 1.66 bits per heavy atom. The summed E-state index contributed by atoms with van der Waals surface area (Å²) in [6.07, 6.45) is 5.59. The van der Waals surface area contributed by atoms with Crippen molar-refractivity contribution in [3.8, 4) is 28.2 Å². The molecule has 6 rings (SSSR count). The largest absolute Gasteiger partial charge is 0.508 e. The SMILES string of the molecule is CC(C)(CCOC(C)(C)CCNC(=O)CNC(=O)C(CCC(N)=O)NC(=O)CCNC(=S)Nc1ccc(-c2c3ccc(=O)cc-3oc3cc(O)ccc23)c(C(=O)O)c1)CNC(=O)CCCCC1SC[C@@H]2NC(=O)CC[C@H]12. The number of fused-ring (bicyclic) bond motifs is 3. The van der Waals surface area contributed by atoms with Gasteiger partial charge in [0, 0.05) is 103 Å². The molecule has 3 heterocycles. The van der Waals surface area contributed by atoms with Crippen molar-refractivity contribution >= 4 is 87.2 Å². The zero-order valence-electron chi connectivity index (χ0n) is 43.4. The summed E-state index contributed by atoms with van der Waals surface area (Å²) in [5, 5.41) is 41.4. The first-order valence-corrected chi connectivity index (χ1v) is 27.1. The van der Waals surface area contributed by atoms with Crippen molar-refractivity contribution in [2.24, 2.45) is 17.1 Å². The molecule has 3 aliphatic heterocycles. The fraction of sp³-hybridized carbons (Fsp3) is 0.500. The van der Waals surface area contributed by atoms with Crippen LogP contribution in [0.2, 0.25) is 0 Å². The van der Waals surface area contributed by atoms with Gasteiger partial charge in [-0.05, 0) is 118 Å². The number of hydrogen-bond acceptors (Lipinski definition) is 13. The van der Waals surface area contributed by atoms with Crippen molar-refractivity contribution in [1.29, 1.82) is 0 Å². The highest BCUT2D eigenvalue weighted by Gasteiger charge is 2.40. The van der Waals surface area contributed by atoms with E-state index in [1.165, 1.54) is 30.3 Å². The number of thioether (sulfide) groups is 1. The second-order valence-electron chi connectivity index (χ2n) is 20.7. The average Bonchev–Trinajstić information content (AvgIpc) is 3.75. The van der Waals surface area contributed by atoms with Gasteiger partial charge in [-0.15, -0.1) is 0 Å². The third kappa shape index (κ3) is 17.4. The smallest absolute Gasteiger partial charge is 0.336 e. The van der Waals surface area contributed by atoms with Crippen LogP contribution in [0.1, 0.15) is 109 Å². The Hall–Kier alpha value is -6.78. The van der Waals surface area contributed by atoms with Crippen LogP contribution in [0.3, 0.4) is 0 Å². The lowest BCUT2D eigenvalue weighted by Crippen LogP contribution is -2.50. The fourth-order valence-corrected chi connectivity index (χ4v) is 11.2. The van der Waals surface area contributed by atoms with Crippen LogP contribution in [0.15, 0.2) is 63.8 Å². The number of carbonyl (C=O) groups excluding carboxylic acids is 6. The number of hydrogen-bond donors (Lipinski definition) is 10. The molecule has 6 amide bonds. The number of anilines is 1. The second kappa shape index (κ2) is 26.8. The van der Waals surface area contributed by atoms with Crippen LogP contribution in [-0.4, -0.2) is 118 Å². The molecule has 20 nitrogen and oxygen atoms in total. The van der Waals surface area contributed by atoms with Crippen LogP contribution < -0.4 is 48.4 Å². The van der Waals surface area contributed by atoms with Gasteiger partial charge in [-0.1, -0.05) is 26.3 Å². The molecule has 2 aromatic carbocycles. The van der Waals surface area contributed by atoms with E-state index in [1.807, 2.05) is 25.6 Å². The Labute approximate surface area is 450 Å². The molecular weight excluding hydrogens is 1020 g/mol. The van der Waals surface area contributed by atoms with E-state index in [2.05, 4.69) is 51.1 Å². The van der Waals surface area contributed by atoms with Crippen LogP contribution in [-0.2, 0) is 33.5 Å². The van der Waals surface area contributed by atoms with E-state index in [4.69, 9.17) is 27.1 Å². The Morgan fingerprint density at radius 1 is 0.882 bits per heavy atom. The van der Waals surface area contributed by atoms with E-state index < -0.39 is 47.8 Å². The molecule has 4 atom stereocenters. The van der Waals surface area contributed by atoms with Crippen LogP contribution in [0.5, 0.6) is 5.75 Å². The number of aromatic hydroxyl groups is 1. The van der Waals surface area contributed by atoms with E-state index >= 15 is 0 Å². The third-order valence-electron chi connectivity index (χ3n) is 13.6. The van der Waals surface area contributed by atoms with Crippen LogP contribution in [0.25, 0.3) is 33.4 Å². The van der Waals surface area contributed by atoms with E-state index in [1.54, 1.807) is 24.3 Å². The number of phenolic OH excluding ortho intramolecular Hbond substituents is 1. The fourth-order valence-electron chi connectivity index (χ4n) is 9.27. The number of piperidine rings is 1. The minimum absolute atomic E-state index is 0.00319. The highest BCUT2D eigenvalue weighted by atomic mass is 32.2. The van der Waals surface area contributed by atoms with Crippen LogP contribution in [0, 0.1) is 11.3 Å². The monoisotopic (exact) mass is 1090 g/mol. The van der Waals surface area contributed by atoms with Gasteiger partial charge in [0.05, 0.1) is 17.7 Å². The number of rotatable bonds is 27. The lowest BCUT2D eigenvalue weighted by Gasteiger charge is -2.30. The quantitative estimate of drug-likeness (QED) is 0.0215. The number of unbranched alkanes of at least 4 members (excludes halogenated alkanes) is 1. The third-order valence-corrected chi connectivity index (χ3v) is 15.4. The summed E-state index contributed by atoms with van der Waals surface area (Å²) in [4.78, 5) is 99.8. The predicted molar refractivity (Wildman–Crippen MR) is 294 cm³/mol. The number of phenols is 1. The van der Waals surface area contributed by atoms with Gasteiger partial charge in [0.2, 0.25) is 35.4 Å². The first-order chi connectivity index (χ1) is 36.1. The number of benzene rings is 3. The van der Waals surface area contributed by atoms with Gasteiger partial charge in [0.25, 0.3) is 0 Å². The van der Waals surface area contributed by atoms with Crippen molar-refractivity contribution in [2.45, 2.75) is 121 Å². The minimum Gasteiger partial charge on any atom is -0.508 e. The second-order valence-corrected chi connectivity index (χ2v) is 22.4. The Balaban J connectivity index is 0.875. The molecule has 1 aliphatic carbocycles. The van der Waals surface area contributed by atoms with E-state index in [0.29, 0.717) is 83.8 Å². The summed E-state index contributed by atoms with van der Waals surface area (Å²) in [6, 6.07) is 12.3. The van der Waals surface area contributed by atoms with Crippen molar-refractivity contribution in [3.63, 3.8) is 0 Å².